The Morgan fingerprint density at radius 3 is 2.73 bits per heavy atom. The number of carbonyl (C=O) groups is 1. The number of hydrogen-bond donors (Lipinski definition) is 0. The van der Waals surface area contributed by atoms with Crippen LogP contribution in [0.2, 0.25) is 0 Å². The molecule has 1 atom stereocenters. The summed E-state index contributed by atoms with van der Waals surface area (Å²) in [7, 11) is 0. The highest BCUT2D eigenvalue weighted by atomic mass is 16.2. The fourth-order valence-corrected chi connectivity index (χ4v) is 4.51. The largest absolute Gasteiger partial charge is 0.330 e. The Bertz CT molecular complexity index is 764. The smallest absolute Gasteiger partial charge is 0.255 e. The predicted octanol–water partition coefficient (Wildman–Crippen LogP) is 2.28. The Morgan fingerprint density at radius 2 is 1.95 bits per heavy atom. The number of rotatable bonds is 1. The van der Waals surface area contributed by atoms with Crippen molar-refractivity contribution in [1.82, 2.24) is 14.8 Å². The molecule has 5 heterocycles. The molecule has 2 aromatic rings. The number of piperidine rings is 3. The van der Waals surface area contributed by atoms with Crippen molar-refractivity contribution in [3.63, 3.8) is 0 Å². The summed E-state index contributed by atoms with van der Waals surface area (Å²) in [6.07, 6.45) is 4.38. The summed E-state index contributed by atoms with van der Waals surface area (Å²) in [4.78, 5) is 22.2. The maximum atomic E-state index is 13.1. The van der Waals surface area contributed by atoms with Gasteiger partial charge in [0, 0.05) is 36.3 Å². The van der Waals surface area contributed by atoms with Crippen molar-refractivity contribution < 1.29 is 4.79 Å². The molecule has 3 saturated heterocycles. The van der Waals surface area contributed by atoms with Crippen LogP contribution in [0.25, 0.3) is 10.9 Å². The number of pyridine rings is 1. The zero-order valence-electron chi connectivity index (χ0n) is 12.5. The SMILES string of the molecule is O=C1c2c(cnc3ccccc23)CN1C1CN2CCC1CC2. The normalized spacial score (nSPS) is 30.1. The van der Waals surface area contributed by atoms with Crippen molar-refractivity contribution in [2.45, 2.75) is 25.4 Å². The van der Waals surface area contributed by atoms with Crippen LogP contribution in [-0.2, 0) is 6.54 Å². The van der Waals surface area contributed by atoms with Crippen molar-refractivity contribution in [3.05, 3.63) is 41.6 Å². The number of nitrogens with zero attached hydrogens (tertiary/aromatic N) is 3. The lowest BCUT2D eigenvalue weighted by Gasteiger charge is -2.48. The minimum Gasteiger partial charge on any atom is -0.330 e. The van der Waals surface area contributed by atoms with Gasteiger partial charge in [-0.1, -0.05) is 18.2 Å². The van der Waals surface area contributed by atoms with Crippen molar-refractivity contribution in [3.8, 4) is 0 Å². The monoisotopic (exact) mass is 293 g/mol. The number of amides is 1. The highest BCUT2D eigenvalue weighted by Gasteiger charge is 2.42. The van der Waals surface area contributed by atoms with Crippen LogP contribution in [0.4, 0.5) is 0 Å². The van der Waals surface area contributed by atoms with E-state index in [-0.39, 0.29) is 5.91 Å². The van der Waals surface area contributed by atoms with Crippen molar-refractivity contribution in [2.75, 3.05) is 19.6 Å². The van der Waals surface area contributed by atoms with Crippen LogP contribution >= 0.6 is 0 Å². The maximum absolute atomic E-state index is 13.1. The van der Waals surface area contributed by atoms with E-state index in [1.807, 2.05) is 30.5 Å². The zero-order valence-corrected chi connectivity index (χ0v) is 12.5. The third kappa shape index (κ3) is 1.67. The number of benzene rings is 1. The molecule has 0 aliphatic carbocycles. The fourth-order valence-electron chi connectivity index (χ4n) is 4.51. The van der Waals surface area contributed by atoms with Gasteiger partial charge in [0.2, 0.25) is 0 Å². The standard InChI is InChI=1S/C18H19N3O/c22-18-17-13(9-19-15-4-2-1-3-14(15)17)10-21(18)16-11-20-7-5-12(16)6-8-20/h1-4,9,12,16H,5-8,10-11H2. The van der Waals surface area contributed by atoms with E-state index in [4.69, 9.17) is 0 Å². The van der Waals surface area contributed by atoms with E-state index in [2.05, 4.69) is 14.8 Å². The van der Waals surface area contributed by atoms with Crippen LogP contribution in [0, 0.1) is 5.92 Å². The van der Waals surface area contributed by atoms with Gasteiger partial charge in [-0.3, -0.25) is 9.78 Å². The Morgan fingerprint density at radius 1 is 1.14 bits per heavy atom. The topological polar surface area (TPSA) is 36.4 Å². The van der Waals surface area contributed by atoms with E-state index in [0.29, 0.717) is 12.0 Å². The molecule has 6 rings (SSSR count). The molecule has 22 heavy (non-hydrogen) atoms. The number of carbonyl (C=O) groups excluding carboxylic acids is 1. The van der Waals surface area contributed by atoms with Gasteiger partial charge in [-0.25, -0.2) is 0 Å². The second-order valence-corrected chi connectivity index (χ2v) is 6.81. The van der Waals surface area contributed by atoms with Crippen molar-refractivity contribution in [2.24, 2.45) is 5.92 Å². The van der Waals surface area contributed by atoms with Crippen LogP contribution in [-0.4, -0.2) is 46.4 Å². The van der Waals surface area contributed by atoms with Crippen LogP contribution in [0.1, 0.15) is 28.8 Å². The van der Waals surface area contributed by atoms with Crippen LogP contribution in [0.15, 0.2) is 30.5 Å². The third-order valence-electron chi connectivity index (χ3n) is 5.69. The number of hydrogen-bond acceptors (Lipinski definition) is 3. The molecule has 0 spiro atoms. The molecule has 0 saturated carbocycles. The van der Waals surface area contributed by atoms with E-state index in [9.17, 15) is 4.79 Å². The molecule has 2 bridgehead atoms. The van der Waals surface area contributed by atoms with Crippen LogP contribution in [0.5, 0.6) is 0 Å². The first-order valence-electron chi connectivity index (χ1n) is 8.21. The van der Waals surface area contributed by atoms with E-state index in [1.54, 1.807) is 0 Å². The Kier molecular flexibility index (Phi) is 2.59. The second kappa shape index (κ2) is 4.53. The molecule has 0 radical (unpaired) electrons. The lowest BCUT2D eigenvalue weighted by Crippen LogP contribution is -2.57. The molecule has 0 N–H and O–H groups in total. The number of fused-ring (bicyclic) bond motifs is 6. The first kappa shape index (κ1) is 12.6. The molecule has 4 aliphatic heterocycles. The minimum absolute atomic E-state index is 0.215. The lowest BCUT2D eigenvalue weighted by molar-refractivity contribution is 0.00850. The molecule has 112 valence electrons. The molecule has 1 aromatic carbocycles. The summed E-state index contributed by atoms with van der Waals surface area (Å²) in [6.45, 7) is 4.21. The van der Waals surface area contributed by atoms with Gasteiger partial charge in [0.15, 0.2) is 0 Å². The first-order valence-corrected chi connectivity index (χ1v) is 8.21. The van der Waals surface area contributed by atoms with E-state index < -0.39 is 0 Å². The molecular formula is C18H19N3O. The summed E-state index contributed by atoms with van der Waals surface area (Å²) in [5, 5.41) is 1.01. The number of aromatic nitrogens is 1. The summed E-state index contributed by atoms with van der Waals surface area (Å²) in [5.74, 6) is 0.898. The van der Waals surface area contributed by atoms with E-state index in [0.717, 1.165) is 35.1 Å². The summed E-state index contributed by atoms with van der Waals surface area (Å²) >= 11 is 0. The van der Waals surface area contributed by atoms with Gasteiger partial charge in [0.1, 0.15) is 0 Å². The maximum Gasteiger partial charge on any atom is 0.255 e. The van der Waals surface area contributed by atoms with Gasteiger partial charge in [0.05, 0.1) is 11.1 Å². The molecule has 3 fully saturated rings. The van der Waals surface area contributed by atoms with Gasteiger partial charge in [-0.05, 0) is 37.9 Å². The van der Waals surface area contributed by atoms with Gasteiger partial charge >= 0.3 is 0 Å². The summed E-state index contributed by atoms with van der Waals surface area (Å²) < 4.78 is 0. The molecule has 1 amide bonds. The second-order valence-electron chi connectivity index (χ2n) is 6.81. The average Bonchev–Trinajstić information content (AvgIpc) is 2.93. The van der Waals surface area contributed by atoms with Crippen LogP contribution < -0.4 is 0 Å². The highest BCUT2D eigenvalue weighted by molar-refractivity contribution is 6.09. The Balaban J connectivity index is 1.56. The fraction of sp³-hybridized carbons (Fsp3) is 0.444. The van der Waals surface area contributed by atoms with Crippen molar-refractivity contribution in [1.29, 1.82) is 0 Å². The molecule has 4 heteroatoms. The van der Waals surface area contributed by atoms with Crippen molar-refractivity contribution >= 4 is 16.8 Å². The molecular weight excluding hydrogens is 274 g/mol. The minimum atomic E-state index is 0.215. The highest BCUT2D eigenvalue weighted by Crippen LogP contribution is 2.37. The first-order chi connectivity index (χ1) is 10.8. The van der Waals surface area contributed by atoms with Crippen LogP contribution in [0.3, 0.4) is 0 Å². The van der Waals surface area contributed by atoms with Gasteiger partial charge in [-0.15, -0.1) is 0 Å². The summed E-state index contributed by atoms with van der Waals surface area (Å²) in [6, 6.07) is 8.38. The zero-order chi connectivity index (χ0) is 14.7. The number of para-hydroxylation sites is 1. The predicted molar refractivity (Wildman–Crippen MR) is 84.6 cm³/mol. The molecule has 4 aliphatic rings. The summed E-state index contributed by atoms with van der Waals surface area (Å²) in [5.41, 5.74) is 2.91. The quantitative estimate of drug-likeness (QED) is 0.809. The Hall–Kier alpha value is -1.94. The molecule has 1 aromatic heterocycles. The lowest BCUT2D eigenvalue weighted by atomic mass is 9.83. The molecule has 4 nitrogen and oxygen atoms in total. The van der Waals surface area contributed by atoms with E-state index >= 15 is 0 Å². The van der Waals surface area contributed by atoms with E-state index in [1.165, 1.54) is 25.9 Å². The van der Waals surface area contributed by atoms with Gasteiger partial charge in [-0.2, -0.15) is 0 Å². The molecule has 1 unspecified atom stereocenters. The third-order valence-corrected chi connectivity index (χ3v) is 5.69. The van der Waals surface area contributed by atoms with Gasteiger partial charge < -0.3 is 9.80 Å². The average molecular weight is 293 g/mol. The van der Waals surface area contributed by atoms with Gasteiger partial charge in [0.25, 0.3) is 5.91 Å². The Labute approximate surface area is 129 Å².